The van der Waals surface area contributed by atoms with Crippen LogP contribution in [0.25, 0.3) is 0 Å². The number of nitrogens with one attached hydrogen (secondary N) is 1. The zero-order valence-electron chi connectivity index (χ0n) is 7.09. The normalized spacial score (nSPS) is 12.6. The highest BCUT2D eigenvalue weighted by Crippen LogP contribution is 2.00. The van der Waals surface area contributed by atoms with Crippen LogP contribution in [0.3, 0.4) is 0 Å². The van der Waals surface area contributed by atoms with Crippen molar-refractivity contribution >= 4 is 11.9 Å². The van der Waals surface area contributed by atoms with Crippen LogP contribution in [0, 0.1) is 5.92 Å². The Morgan fingerprint density at radius 2 is 2.00 bits per heavy atom. The van der Waals surface area contributed by atoms with E-state index in [-0.39, 0.29) is 13.0 Å². The second-order valence-electron chi connectivity index (χ2n) is 2.62. The first-order valence-corrected chi connectivity index (χ1v) is 3.73. The predicted molar refractivity (Wildman–Crippen MR) is 40.4 cm³/mol. The summed E-state index contributed by atoms with van der Waals surface area (Å²) in [4.78, 5) is 20.5. The molecule has 0 spiro atoms. The quantitative estimate of drug-likeness (QED) is 0.670. The molecule has 0 aliphatic rings. The number of carbonyl (C=O) groups excluding carboxylic acids is 1. The van der Waals surface area contributed by atoms with Crippen molar-refractivity contribution in [2.75, 3.05) is 6.54 Å². The number of carbonyl (C=O) groups is 2. The van der Waals surface area contributed by atoms with E-state index in [1.165, 1.54) is 6.92 Å². The number of amides is 1. The van der Waals surface area contributed by atoms with Crippen LogP contribution in [0.1, 0.15) is 13.3 Å². The monoisotopic (exact) mass is 195 g/mol. The van der Waals surface area contributed by atoms with Gasteiger partial charge in [0.2, 0.25) is 0 Å². The molecule has 0 aromatic heterocycles. The molecule has 4 nitrogen and oxygen atoms in total. The van der Waals surface area contributed by atoms with E-state index in [4.69, 9.17) is 5.11 Å². The van der Waals surface area contributed by atoms with Crippen LogP contribution in [-0.2, 0) is 9.59 Å². The van der Waals surface area contributed by atoms with Gasteiger partial charge in [-0.2, -0.15) is 8.78 Å². The lowest BCUT2D eigenvalue weighted by Crippen LogP contribution is -2.31. The van der Waals surface area contributed by atoms with E-state index in [0.717, 1.165) is 0 Å². The fourth-order valence-corrected chi connectivity index (χ4v) is 0.613. The van der Waals surface area contributed by atoms with Gasteiger partial charge in [0, 0.05) is 6.54 Å². The third-order valence-electron chi connectivity index (χ3n) is 1.50. The highest BCUT2D eigenvalue weighted by atomic mass is 19.3. The fourth-order valence-electron chi connectivity index (χ4n) is 0.613. The molecule has 0 bridgehead atoms. The van der Waals surface area contributed by atoms with Crippen molar-refractivity contribution in [3.8, 4) is 0 Å². The molecule has 2 N–H and O–H groups in total. The van der Waals surface area contributed by atoms with E-state index >= 15 is 0 Å². The number of aliphatic carboxylic acids is 1. The molecule has 0 saturated carbocycles. The molecule has 1 amide bonds. The van der Waals surface area contributed by atoms with Crippen molar-refractivity contribution in [3.05, 3.63) is 0 Å². The third kappa shape index (κ3) is 5.10. The summed E-state index contributed by atoms with van der Waals surface area (Å²) in [6.45, 7) is 1.40. The van der Waals surface area contributed by atoms with Gasteiger partial charge in [-0.25, -0.2) is 0 Å². The van der Waals surface area contributed by atoms with E-state index in [1.54, 1.807) is 0 Å². The summed E-state index contributed by atoms with van der Waals surface area (Å²) in [5.74, 6) is -3.01. The fraction of sp³-hybridized carbons (Fsp3) is 0.714. The molecule has 0 aromatic carbocycles. The number of hydrogen-bond donors (Lipinski definition) is 2. The van der Waals surface area contributed by atoms with Crippen LogP contribution < -0.4 is 5.32 Å². The number of hydrogen-bond acceptors (Lipinski definition) is 2. The largest absolute Gasteiger partial charge is 0.481 e. The van der Waals surface area contributed by atoms with E-state index in [2.05, 4.69) is 0 Å². The summed E-state index contributed by atoms with van der Waals surface area (Å²) in [7, 11) is 0. The Kier molecular flexibility index (Phi) is 4.94. The van der Waals surface area contributed by atoms with Gasteiger partial charge in [-0.3, -0.25) is 9.59 Å². The van der Waals surface area contributed by atoms with Crippen molar-refractivity contribution < 1.29 is 23.5 Å². The standard InChI is InChI=1S/C7H11F2NO3/c1-4(7(12)13)2-3-10-6(11)5(8)9/h4-5H,2-3H2,1H3,(H,10,11)(H,12,13). The lowest BCUT2D eigenvalue weighted by Gasteiger charge is -2.06. The summed E-state index contributed by atoms with van der Waals surface area (Å²) < 4.78 is 23.2. The van der Waals surface area contributed by atoms with Gasteiger partial charge in [-0.1, -0.05) is 6.92 Å². The van der Waals surface area contributed by atoms with E-state index in [1.807, 2.05) is 5.32 Å². The molecular weight excluding hydrogens is 184 g/mol. The number of alkyl halides is 2. The maximum atomic E-state index is 11.6. The summed E-state index contributed by atoms with van der Waals surface area (Å²) >= 11 is 0. The van der Waals surface area contributed by atoms with Gasteiger partial charge in [0.25, 0.3) is 5.91 Å². The molecule has 0 saturated heterocycles. The van der Waals surface area contributed by atoms with Gasteiger partial charge in [-0.05, 0) is 6.42 Å². The Morgan fingerprint density at radius 1 is 1.46 bits per heavy atom. The van der Waals surface area contributed by atoms with Crippen LogP contribution in [0.15, 0.2) is 0 Å². The Balaban J connectivity index is 3.56. The molecule has 0 aromatic rings. The zero-order valence-corrected chi connectivity index (χ0v) is 7.09. The molecule has 1 atom stereocenters. The minimum absolute atomic E-state index is 0.0450. The Hall–Kier alpha value is -1.20. The van der Waals surface area contributed by atoms with Crippen LogP contribution in [0.5, 0.6) is 0 Å². The lowest BCUT2D eigenvalue weighted by molar-refractivity contribution is -0.141. The first-order valence-electron chi connectivity index (χ1n) is 3.73. The van der Waals surface area contributed by atoms with Gasteiger partial charge >= 0.3 is 12.4 Å². The van der Waals surface area contributed by atoms with Gasteiger partial charge in [0.1, 0.15) is 0 Å². The second kappa shape index (κ2) is 5.45. The molecule has 0 aliphatic heterocycles. The van der Waals surface area contributed by atoms with Crippen molar-refractivity contribution in [1.29, 1.82) is 0 Å². The summed E-state index contributed by atoms with van der Waals surface area (Å²) in [6.07, 6.45) is -2.89. The number of rotatable bonds is 5. The molecule has 0 fully saturated rings. The summed E-state index contributed by atoms with van der Waals surface area (Å²) in [5.41, 5.74) is 0. The van der Waals surface area contributed by atoms with E-state index in [0.29, 0.717) is 0 Å². The van der Waals surface area contributed by atoms with Crippen molar-refractivity contribution in [2.24, 2.45) is 5.92 Å². The predicted octanol–water partition coefficient (Wildman–Crippen LogP) is 0.478. The molecule has 13 heavy (non-hydrogen) atoms. The Labute approximate surface area is 73.9 Å². The summed E-state index contributed by atoms with van der Waals surface area (Å²) in [6, 6.07) is 0. The highest BCUT2D eigenvalue weighted by molar-refractivity contribution is 5.79. The van der Waals surface area contributed by atoms with Gasteiger partial charge < -0.3 is 10.4 Å². The smallest absolute Gasteiger partial charge is 0.315 e. The Morgan fingerprint density at radius 3 is 2.38 bits per heavy atom. The molecule has 0 heterocycles. The maximum Gasteiger partial charge on any atom is 0.315 e. The molecule has 0 radical (unpaired) electrons. The number of carboxylic acid groups (broad SMARTS) is 1. The number of halogens is 2. The topological polar surface area (TPSA) is 66.4 Å². The maximum absolute atomic E-state index is 11.6. The molecule has 0 rings (SSSR count). The minimum atomic E-state index is -3.04. The molecular formula is C7H11F2NO3. The van der Waals surface area contributed by atoms with Crippen LogP contribution >= 0.6 is 0 Å². The molecule has 6 heteroatoms. The van der Waals surface area contributed by atoms with E-state index < -0.39 is 24.2 Å². The van der Waals surface area contributed by atoms with Crippen molar-refractivity contribution in [3.63, 3.8) is 0 Å². The first-order chi connectivity index (χ1) is 5.95. The average molecular weight is 195 g/mol. The van der Waals surface area contributed by atoms with Crippen LogP contribution in [0.2, 0.25) is 0 Å². The van der Waals surface area contributed by atoms with Gasteiger partial charge in [0.05, 0.1) is 5.92 Å². The second-order valence-corrected chi connectivity index (χ2v) is 2.62. The zero-order chi connectivity index (χ0) is 10.4. The highest BCUT2D eigenvalue weighted by Gasteiger charge is 2.15. The van der Waals surface area contributed by atoms with Gasteiger partial charge in [0.15, 0.2) is 0 Å². The van der Waals surface area contributed by atoms with Crippen LogP contribution in [-0.4, -0.2) is 30.0 Å². The summed E-state index contributed by atoms with van der Waals surface area (Å²) in [5, 5.41) is 10.3. The van der Waals surface area contributed by atoms with Crippen LogP contribution in [0.4, 0.5) is 8.78 Å². The van der Waals surface area contributed by atoms with Crippen molar-refractivity contribution in [1.82, 2.24) is 5.32 Å². The molecule has 76 valence electrons. The third-order valence-corrected chi connectivity index (χ3v) is 1.50. The average Bonchev–Trinajstić information content (AvgIpc) is 2.03. The lowest BCUT2D eigenvalue weighted by atomic mass is 10.1. The van der Waals surface area contributed by atoms with E-state index in [9.17, 15) is 18.4 Å². The SMILES string of the molecule is CC(CCNC(=O)C(F)F)C(=O)O. The van der Waals surface area contributed by atoms with Crippen molar-refractivity contribution in [2.45, 2.75) is 19.8 Å². The first kappa shape index (κ1) is 11.8. The molecule has 0 aliphatic carbocycles. The van der Waals surface area contributed by atoms with Gasteiger partial charge in [-0.15, -0.1) is 0 Å². The molecule has 1 unspecified atom stereocenters. The number of carboxylic acids is 1. The minimum Gasteiger partial charge on any atom is -0.481 e. The Bertz CT molecular complexity index is 196.